The molecule has 10 heteroatoms. The zero-order valence-electron chi connectivity index (χ0n) is 20.3. The number of esters is 1. The molecule has 0 unspecified atom stereocenters. The number of rotatable bonds is 4. The number of fused-ring (bicyclic) bond motifs is 2. The van der Waals surface area contributed by atoms with Crippen molar-refractivity contribution in [2.75, 3.05) is 25.5 Å². The number of likely N-dealkylation sites (tertiary alicyclic amines) is 1. The summed E-state index contributed by atoms with van der Waals surface area (Å²) in [6.07, 6.45) is 4.40. The van der Waals surface area contributed by atoms with Crippen LogP contribution in [-0.4, -0.2) is 59.1 Å². The number of piperidine rings is 1. The van der Waals surface area contributed by atoms with Crippen LogP contribution in [0.1, 0.15) is 29.5 Å². The minimum absolute atomic E-state index is 0.00460. The second-order valence-electron chi connectivity index (χ2n) is 9.03. The molecular weight excluding hydrogens is 472 g/mol. The lowest BCUT2D eigenvalue weighted by Gasteiger charge is -2.40. The maximum atomic E-state index is 13.0. The van der Waals surface area contributed by atoms with Gasteiger partial charge >= 0.3 is 18.0 Å². The number of carbonyl (C=O) groups excluding carboxylic acids is 3. The summed E-state index contributed by atoms with van der Waals surface area (Å²) in [4.78, 5) is 44.6. The molecule has 2 aliphatic heterocycles. The monoisotopic (exact) mass is 498 g/mol. The van der Waals surface area contributed by atoms with Crippen LogP contribution in [0.2, 0.25) is 0 Å². The molecule has 3 aromatic rings. The second kappa shape index (κ2) is 10.1. The number of aromatic nitrogens is 1. The van der Waals surface area contributed by atoms with E-state index in [1.807, 2.05) is 29.2 Å². The minimum Gasteiger partial charge on any atom is -0.464 e. The molecule has 0 aliphatic carbocycles. The number of hydrogen-bond acceptors (Lipinski definition) is 5. The van der Waals surface area contributed by atoms with E-state index in [4.69, 9.17) is 4.74 Å². The van der Waals surface area contributed by atoms with E-state index >= 15 is 0 Å². The molecule has 10 nitrogen and oxygen atoms in total. The average molecular weight is 499 g/mol. The van der Waals surface area contributed by atoms with Crippen molar-refractivity contribution in [2.45, 2.75) is 25.4 Å². The van der Waals surface area contributed by atoms with E-state index in [-0.39, 0.29) is 17.8 Å². The number of hydrogen-bond donors (Lipinski definition) is 3. The molecule has 1 aromatic heterocycles. The first-order valence-corrected chi connectivity index (χ1v) is 12.0. The number of methoxy groups -OCH3 is 1. The van der Waals surface area contributed by atoms with E-state index in [0.29, 0.717) is 43.6 Å². The first-order valence-electron chi connectivity index (χ1n) is 12.0. The zero-order chi connectivity index (χ0) is 25.9. The van der Waals surface area contributed by atoms with Crippen LogP contribution < -0.4 is 10.6 Å². The van der Waals surface area contributed by atoms with Gasteiger partial charge in [0.1, 0.15) is 11.8 Å². The molecule has 37 heavy (non-hydrogen) atoms. The van der Waals surface area contributed by atoms with Crippen molar-refractivity contribution in [2.24, 2.45) is 0 Å². The highest BCUT2D eigenvalue weighted by atomic mass is 16.5. The molecular formula is C27H26N6O4. The van der Waals surface area contributed by atoms with Gasteiger partial charge in [0.15, 0.2) is 0 Å². The van der Waals surface area contributed by atoms with Crippen molar-refractivity contribution < 1.29 is 19.1 Å². The Morgan fingerprint density at radius 1 is 1.19 bits per heavy atom. The molecule has 0 atom stereocenters. The number of benzene rings is 2. The maximum absolute atomic E-state index is 13.0. The second-order valence-corrected chi connectivity index (χ2v) is 9.03. The predicted molar refractivity (Wildman–Crippen MR) is 137 cm³/mol. The van der Waals surface area contributed by atoms with E-state index in [1.54, 1.807) is 29.3 Å². The Morgan fingerprint density at radius 2 is 1.97 bits per heavy atom. The summed E-state index contributed by atoms with van der Waals surface area (Å²) in [5, 5.41) is 15.6. The van der Waals surface area contributed by atoms with Gasteiger partial charge in [0, 0.05) is 48.5 Å². The molecule has 0 saturated carbocycles. The van der Waals surface area contributed by atoms with Gasteiger partial charge in [-0.2, -0.15) is 5.26 Å². The predicted octanol–water partition coefficient (Wildman–Crippen LogP) is 3.78. The number of urea groups is 2. The summed E-state index contributed by atoms with van der Waals surface area (Å²) < 4.78 is 4.88. The molecule has 1 fully saturated rings. The number of nitrogens with one attached hydrogen (secondary N) is 3. The summed E-state index contributed by atoms with van der Waals surface area (Å²) in [7, 11) is 1.25. The number of nitriles is 1. The largest absolute Gasteiger partial charge is 0.464 e. The van der Waals surface area contributed by atoms with Gasteiger partial charge in [-0.1, -0.05) is 24.3 Å². The topological polar surface area (TPSA) is 131 Å². The molecule has 2 aliphatic rings. The van der Waals surface area contributed by atoms with Gasteiger partial charge in [0.05, 0.1) is 12.7 Å². The lowest BCUT2D eigenvalue weighted by Crippen LogP contribution is -2.52. The molecule has 2 aromatic carbocycles. The van der Waals surface area contributed by atoms with E-state index in [2.05, 4.69) is 21.7 Å². The van der Waals surface area contributed by atoms with Crippen LogP contribution in [0.25, 0.3) is 17.0 Å². The van der Waals surface area contributed by atoms with E-state index in [9.17, 15) is 19.6 Å². The van der Waals surface area contributed by atoms with Crippen LogP contribution in [0.3, 0.4) is 0 Å². The fourth-order valence-electron chi connectivity index (χ4n) is 4.84. The lowest BCUT2D eigenvalue weighted by molar-refractivity contribution is -0.136. The summed E-state index contributed by atoms with van der Waals surface area (Å²) in [5.74, 6) is -0.679. The number of nitrogens with zero attached hydrogens (tertiary/aromatic N) is 3. The number of carbonyl (C=O) groups is 3. The third-order valence-electron chi connectivity index (χ3n) is 6.84. The van der Waals surface area contributed by atoms with E-state index < -0.39 is 12.0 Å². The number of ether oxygens (including phenoxy) is 1. The average Bonchev–Trinajstić information content (AvgIpc) is 3.34. The highest BCUT2D eigenvalue weighted by Crippen LogP contribution is 2.27. The van der Waals surface area contributed by atoms with Gasteiger partial charge in [-0.15, -0.1) is 0 Å². The lowest BCUT2D eigenvalue weighted by atomic mass is 10.0. The number of amides is 4. The SMILES string of the molecule is COC(=O)/C(=C/c1ccc2[nH]cc(C#N)c2c1)NC(=O)N1CCC(N2Cc3ccccc3NC2=O)CC1. The number of H-pyrrole nitrogens is 1. The van der Waals surface area contributed by atoms with Gasteiger partial charge < -0.3 is 30.2 Å². The van der Waals surface area contributed by atoms with Gasteiger partial charge in [-0.05, 0) is 48.2 Å². The third-order valence-corrected chi connectivity index (χ3v) is 6.84. The minimum atomic E-state index is -0.679. The summed E-state index contributed by atoms with van der Waals surface area (Å²) in [6.45, 7) is 1.42. The highest BCUT2D eigenvalue weighted by Gasteiger charge is 2.33. The Morgan fingerprint density at radius 3 is 2.73 bits per heavy atom. The fourth-order valence-corrected chi connectivity index (χ4v) is 4.84. The van der Waals surface area contributed by atoms with Crippen molar-refractivity contribution in [3.63, 3.8) is 0 Å². The van der Waals surface area contributed by atoms with Crippen molar-refractivity contribution in [1.29, 1.82) is 5.26 Å². The molecule has 3 heterocycles. The van der Waals surface area contributed by atoms with Gasteiger partial charge in [0.2, 0.25) is 0 Å². The van der Waals surface area contributed by atoms with E-state index in [1.165, 1.54) is 13.2 Å². The number of aromatic amines is 1. The smallest absolute Gasteiger partial charge is 0.354 e. The summed E-state index contributed by atoms with van der Waals surface area (Å²) in [6, 6.07) is 14.7. The first-order chi connectivity index (χ1) is 18.0. The Balaban J connectivity index is 1.25. The van der Waals surface area contributed by atoms with E-state index in [0.717, 1.165) is 22.2 Å². The summed E-state index contributed by atoms with van der Waals surface area (Å²) >= 11 is 0. The third kappa shape index (κ3) is 4.84. The van der Waals surface area contributed by atoms with Gasteiger partial charge in [-0.3, -0.25) is 0 Å². The van der Waals surface area contributed by atoms with Crippen LogP contribution in [0.5, 0.6) is 0 Å². The molecule has 0 radical (unpaired) electrons. The van der Waals surface area contributed by atoms with Crippen LogP contribution in [0.4, 0.5) is 15.3 Å². The van der Waals surface area contributed by atoms with Crippen LogP contribution in [0, 0.1) is 11.3 Å². The Bertz CT molecular complexity index is 1440. The fraction of sp³-hybridized carbons (Fsp3) is 0.259. The Kier molecular flexibility index (Phi) is 6.51. The van der Waals surface area contributed by atoms with Gasteiger partial charge in [-0.25, -0.2) is 14.4 Å². The number of para-hydroxylation sites is 1. The summed E-state index contributed by atoms with van der Waals surface area (Å²) in [5.41, 5.74) is 3.82. The quantitative estimate of drug-likeness (QED) is 0.372. The normalized spacial score (nSPS) is 16.1. The Labute approximate surface area is 213 Å². The van der Waals surface area contributed by atoms with Crippen molar-refractivity contribution in [1.82, 2.24) is 20.1 Å². The van der Waals surface area contributed by atoms with Gasteiger partial charge in [0.25, 0.3) is 0 Å². The zero-order valence-corrected chi connectivity index (χ0v) is 20.3. The molecule has 0 bridgehead atoms. The van der Waals surface area contributed by atoms with Crippen LogP contribution in [0.15, 0.2) is 54.4 Å². The van der Waals surface area contributed by atoms with Crippen molar-refractivity contribution >= 4 is 40.7 Å². The maximum Gasteiger partial charge on any atom is 0.354 e. The molecule has 3 N–H and O–H groups in total. The molecule has 4 amide bonds. The standard InChI is InChI=1S/C27H26N6O4/c1-37-25(34)24(13-17-6-7-23-21(12-17)19(14-28)15-29-23)31-26(35)32-10-8-20(9-11-32)33-16-18-4-2-3-5-22(18)30-27(33)36/h2-7,12-13,15,20,29H,8-11,16H2,1H3,(H,30,36)(H,31,35)/b24-13-. The number of anilines is 1. The van der Waals surface area contributed by atoms with Crippen molar-refractivity contribution in [3.05, 3.63) is 71.0 Å². The molecule has 5 rings (SSSR count). The molecule has 0 spiro atoms. The molecule has 188 valence electrons. The van der Waals surface area contributed by atoms with Crippen LogP contribution >= 0.6 is 0 Å². The molecule has 1 saturated heterocycles. The highest BCUT2D eigenvalue weighted by molar-refractivity contribution is 5.98. The van der Waals surface area contributed by atoms with Crippen molar-refractivity contribution in [3.8, 4) is 6.07 Å². The first kappa shape index (κ1) is 23.9. The van der Waals surface area contributed by atoms with Crippen LogP contribution in [-0.2, 0) is 16.1 Å². The Hall–Kier alpha value is -4.78.